The van der Waals surface area contributed by atoms with Crippen LogP contribution in [0.4, 0.5) is 34.9 Å². The van der Waals surface area contributed by atoms with Crippen molar-refractivity contribution in [2.24, 2.45) is 0 Å². The van der Waals surface area contributed by atoms with E-state index >= 15 is 0 Å². The Bertz CT molecular complexity index is 2080. The summed E-state index contributed by atoms with van der Waals surface area (Å²) in [6.45, 7) is 28.3. The Kier molecular flexibility index (Phi) is 13.3. The third-order valence-corrected chi connectivity index (χ3v) is 12.5. The lowest BCUT2D eigenvalue weighted by Gasteiger charge is -2.47. The molecule has 3 amide bonds. The number of hydrogen-bond donors (Lipinski definition) is 3. The van der Waals surface area contributed by atoms with Crippen LogP contribution in [-0.2, 0) is 14.4 Å². The number of benzene rings is 3. The van der Waals surface area contributed by atoms with E-state index in [9.17, 15) is 14.4 Å². The summed E-state index contributed by atoms with van der Waals surface area (Å²) in [5.41, 5.74) is -0.588. The molecule has 4 aromatic rings. The van der Waals surface area contributed by atoms with Crippen LogP contribution in [0.1, 0.15) is 83.1 Å². The number of hydrogen-bond acceptors (Lipinski definition) is 12. The number of piperazine rings is 3. The molecule has 4 heterocycles. The van der Waals surface area contributed by atoms with Crippen LogP contribution in [0.15, 0.2) is 91.0 Å². The molecular formula is C51H72N12O3. The van der Waals surface area contributed by atoms with Gasteiger partial charge < -0.3 is 29.4 Å². The van der Waals surface area contributed by atoms with E-state index in [-0.39, 0.29) is 34.3 Å². The average Bonchev–Trinajstić information content (AvgIpc) is 3.23. The zero-order valence-electron chi connectivity index (χ0n) is 41.3. The molecule has 3 saturated heterocycles. The minimum Gasteiger partial charge on any atom is -0.337 e. The molecule has 15 heteroatoms. The predicted octanol–water partition coefficient (Wildman–Crippen LogP) is 6.25. The molecule has 0 atom stereocenters. The zero-order valence-corrected chi connectivity index (χ0v) is 41.3. The highest BCUT2D eigenvalue weighted by molar-refractivity contribution is 5.88. The number of nitrogens with zero attached hydrogens (tertiary/aromatic N) is 9. The fourth-order valence-electron chi connectivity index (χ4n) is 10.4. The lowest BCUT2D eigenvalue weighted by Crippen LogP contribution is -2.70. The van der Waals surface area contributed by atoms with Crippen molar-refractivity contribution in [2.75, 3.05) is 73.6 Å². The first-order valence-electron chi connectivity index (χ1n) is 23.4. The largest absolute Gasteiger partial charge is 0.337 e. The van der Waals surface area contributed by atoms with Gasteiger partial charge in [-0.1, -0.05) is 54.6 Å². The maximum atomic E-state index is 14.0. The summed E-state index contributed by atoms with van der Waals surface area (Å²) in [6.07, 6.45) is 0. The topological polar surface area (TPSA) is 145 Å². The summed E-state index contributed by atoms with van der Waals surface area (Å²) in [4.78, 5) is 69.9. The first kappa shape index (κ1) is 48.3. The van der Waals surface area contributed by atoms with E-state index < -0.39 is 16.6 Å². The number of amides is 3. The van der Waals surface area contributed by atoms with Crippen LogP contribution in [0, 0.1) is 0 Å². The Balaban J connectivity index is 1.36. The zero-order chi connectivity index (χ0) is 47.9. The number of carbonyl (C=O) groups is 3. The van der Waals surface area contributed by atoms with Gasteiger partial charge in [0.25, 0.3) is 0 Å². The lowest BCUT2D eigenvalue weighted by molar-refractivity contribution is -0.143. The second-order valence-electron chi connectivity index (χ2n) is 21.8. The summed E-state index contributed by atoms with van der Waals surface area (Å²) < 4.78 is 0. The molecule has 0 aliphatic carbocycles. The summed E-state index contributed by atoms with van der Waals surface area (Å²) in [6, 6.07) is 30.0. The third kappa shape index (κ3) is 11.0. The van der Waals surface area contributed by atoms with Crippen LogP contribution in [0.25, 0.3) is 0 Å². The fourth-order valence-corrected chi connectivity index (χ4v) is 10.4. The second-order valence-corrected chi connectivity index (χ2v) is 21.8. The van der Waals surface area contributed by atoms with Gasteiger partial charge in [0.1, 0.15) is 0 Å². The van der Waals surface area contributed by atoms with Gasteiger partial charge in [-0.2, -0.15) is 15.0 Å². The summed E-state index contributed by atoms with van der Waals surface area (Å²) >= 11 is 0. The van der Waals surface area contributed by atoms with E-state index in [4.69, 9.17) is 15.0 Å². The molecule has 3 N–H and O–H groups in total. The molecule has 0 spiro atoms. The van der Waals surface area contributed by atoms with Crippen molar-refractivity contribution in [1.29, 1.82) is 0 Å². The number of rotatable bonds is 15. The molecular weight excluding hydrogens is 829 g/mol. The number of para-hydroxylation sites is 3. The van der Waals surface area contributed by atoms with Gasteiger partial charge in [0.2, 0.25) is 35.6 Å². The molecule has 3 aliphatic rings. The average molecular weight is 901 g/mol. The molecule has 3 fully saturated rings. The highest BCUT2D eigenvalue weighted by Gasteiger charge is 2.46. The van der Waals surface area contributed by atoms with Crippen molar-refractivity contribution in [1.82, 2.24) is 45.6 Å². The Morgan fingerprint density at radius 3 is 0.864 bits per heavy atom. The van der Waals surface area contributed by atoms with Crippen molar-refractivity contribution < 1.29 is 14.4 Å². The Morgan fingerprint density at radius 2 is 0.636 bits per heavy atom. The van der Waals surface area contributed by atoms with Crippen molar-refractivity contribution in [3.05, 3.63) is 91.0 Å². The molecule has 1 aromatic heterocycles. The minimum atomic E-state index is -0.744. The summed E-state index contributed by atoms with van der Waals surface area (Å²) in [7, 11) is 0. The molecule has 3 aliphatic heterocycles. The fraction of sp³-hybridized carbons (Fsp3) is 0.529. The number of anilines is 6. The van der Waals surface area contributed by atoms with Gasteiger partial charge in [-0.3, -0.25) is 30.3 Å². The first-order valence-corrected chi connectivity index (χ1v) is 23.4. The van der Waals surface area contributed by atoms with E-state index in [1.54, 1.807) is 0 Å². The van der Waals surface area contributed by atoms with Crippen molar-refractivity contribution in [2.45, 2.75) is 116 Å². The van der Waals surface area contributed by atoms with Crippen LogP contribution >= 0.6 is 0 Å². The quantitative estimate of drug-likeness (QED) is 0.124. The van der Waals surface area contributed by atoms with E-state index in [1.165, 1.54) is 0 Å². The maximum absolute atomic E-state index is 14.0. The van der Waals surface area contributed by atoms with E-state index in [0.29, 0.717) is 76.7 Å². The summed E-state index contributed by atoms with van der Waals surface area (Å²) in [5, 5.41) is 10.6. The van der Waals surface area contributed by atoms with Gasteiger partial charge >= 0.3 is 0 Å². The van der Waals surface area contributed by atoms with Crippen LogP contribution < -0.4 is 30.7 Å². The van der Waals surface area contributed by atoms with E-state index in [0.717, 1.165) is 17.1 Å². The van der Waals surface area contributed by atoms with E-state index in [2.05, 4.69) is 72.2 Å². The molecule has 0 bridgehead atoms. The SMILES string of the molecule is CC1(C)CN(CCN(c2ccccc2)c2nc(N(CCN3CC(C)(C)NC(C)(C)C3=O)c3ccccc3)nc(N(CCN3CC(C)(C)NC(C)(C)C3=O)c3ccccc3)n2)C(=O)C(C)(C)N1. The first-order chi connectivity index (χ1) is 30.9. The highest BCUT2D eigenvalue weighted by Crippen LogP contribution is 2.33. The van der Waals surface area contributed by atoms with Crippen LogP contribution in [0.5, 0.6) is 0 Å². The van der Waals surface area contributed by atoms with Crippen LogP contribution in [0.3, 0.4) is 0 Å². The van der Waals surface area contributed by atoms with Crippen LogP contribution in [-0.4, -0.2) is 140 Å². The highest BCUT2D eigenvalue weighted by atomic mass is 16.2. The van der Waals surface area contributed by atoms with Crippen molar-refractivity contribution >= 4 is 52.6 Å². The normalized spacial score (nSPS) is 20.5. The molecule has 7 rings (SSSR count). The van der Waals surface area contributed by atoms with Crippen LogP contribution in [0.2, 0.25) is 0 Å². The molecule has 3 aromatic carbocycles. The van der Waals surface area contributed by atoms with Gasteiger partial charge in [0, 0.05) is 92.6 Å². The predicted molar refractivity (Wildman–Crippen MR) is 264 cm³/mol. The third-order valence-electron chi connectivity index (χ3n) is 12.5. The van der Waals surface area contributed by atoms with E-state index in [1.807, 2.05) is 147 Å². The molecule has 354 valence electrons. The van der Waals surface area contributed by atoms with Crippen molar-refractivity contribution in [3.63, 3.8) is 0 Å². The van der Waals surface area contributed by atoms with Gasteiger partial charge in [0.15, 0.2) is 0 Å². The van der Waals surface area contributed by atoms with Gasteiger partial charge in [-0.05, 0) is 119 Å². The Hall–Kier alpha value is -5.64. The smallest absolute Gasteiger partial charge is 0.242 e. The second kappa shape index (κ2) is 18.2. The molecule has 66 heavy (non-hydrogen) atoms. The number of aromatic nitrogens is 3. The van der Waals surface area contributed by atoms with Crippen molar-refractivity contribution in [3.8, 4) is 0 Å². The standard InChI is InChI=1S/C51H72N12O3/c1-46(2)34-58(40(64)49(7,8)55-46)28-31-61(37-22-16-13-17-23-37)43-52-44(62(38-24-18-14-19-25-38)32-29-59-35-47(3,4)56-50(9,10)41(59)65)54-45(53-43)63(39-26-20-15-21-27-39)33-30-60-36-48(5,6)57-51(11,12)42(60)66/h13-27,55-57H,28-36H2,1-12H3. The van der Waals surface area contributed by atoms with Gasteiger partial charge in [-0.15, -0.1) is 0 Å². The molecule has 0 saturated carbocycles. The molecule has 15 nitrogen and oxygen atoms in total. The molecule has 0 unspecified atom stereocenters. The number of nitrogens with one attached hydrogen (secondary N) is 3. The maximum Gasteiger partial charge on any atom is 0.242 e. The molecule has 0 radical (unpaired) electrons. The number of carbonyl (C=O) groups excluding carboxylic acids is 3. The van der Waals surface area contributed by atoms with Gasteiger partial charge in [-0.25, -0.2) is 0 Å². The van der Waals surface area contributed by atoms with Gasteiger partial charge in [0.05, 0.1) is 16.6 Å². The Morgan fingerprint density at radius 1 is 0.409 bits per heavy atom. The Labute approximate surface area is 392 Å². The minimum absolute atomic E-state index is 0.0278. The summed E-state index contributed by atoms with van der Waals surface area (Å²) in [5.74, 6) is 1.26. The lowest BCUT2D eigenvalue weighted by atomic mass is 9.90. The monoisotopic (exact) mass is 901 g/mol.